The van der Waals surface area contributed by atoms with E-state index in [0.717, 1.165) is 16.9 Å². The molecule has 0 bridgehead atoms. The van der Waals surface area contributed by atoms with Gasteiger partial charge in [-0.3, -0.25) is 9.78 Å². The fourth-order valence-electron chi connectivity index (χ4n) is 2.28. The fourth-order valence-corrected chi connectivity index (χ4v) is 2.28. The first-order valence-corrected chi connectivity index (χ1v) is 7.95. The predicted molar refractivity (Wildman–Crippen MR) is 97.8 cm³/mol. The molecule has 126 valence electrons. The molecule has 3 rings (SSSR count). The molecule has 2 aromatic carbocycles. The van der Waals surface area contributed by atoms with Crippen molar-refractivity contribution in [1.82, 2.24) is 4.98 Å². The maximum absolute atomic E-state index is 12.3. The highest BCUT2D eigenvalue weighted by molar-refractivity contribution is 6.02. The van der Waals surface area contributed by atoms with Gasteiger partial charge in [-0.15, -0.1) is 0 Å². The third-order valence-electron chi connectivity index (χ3n) is 3.71. The summed E-state index contributed by atoms with van der Waals surface area (Å²) < 4.78 is 5.89. The van der Waals surface area contributed by atoms with Crippen LogP contribution < -0.4 is 15.8 Å². The van der Waals surface area contributed by atoms with E-state index in [-0.39, 0.29) is 5.91 Å². The van der Waals surface area contributed by atoms with Crippen molar-refractivity contribution in [2.45, 2.75) is 13.5 Å². The second-order valence-corrected chi connectivity index (χ2v) is 5.61. The Morgan fingerprint density at radius 1 is 1.12 bits per heavy atom. The van der Waals surface area contributed by atoms with Gasteiger partial charge < -0.3 is 15.8 Å². The normalized spacial score (nSPS) is 10.3. The van der Waals surface area contributed by atoms with Crippen molar-refractivity contribution in [3.63, 3.8) is 0 Å². The molecule has 5 heteroatoms. The second-order valence-electron chi connectivity index (χ2n) is 5.61. The Balaban J connectivity index is 1.76. The number of aromatic nitrogens is 1. The van der Waals surface area contributed by atoms with Crippen molar-refractivity contribution >= 4 is 11.6 Å². The molecule has 1 amide bonds. The van der Waals surface area contributed by atoms with Gasteiger partial charge in [0.1, 0.15) is 17.2 Å². The first-order valence-electron chi connectivity index (χ1n) is 7.95. The standard InChI is InChI=1S/C20H19N3O2/c1-14-7-9-16(11-19(14)25-17-5-3-2-4-6-17)23-20(24)18-10-8-15(12-21)13-22-18/h2-11,13H,12,21H2,1H3,(H,23,24). The van der Waals surface area contributed by atoms with Crippen molar-refractivity contribution < 1.29 is 9.53 Å². The number of hydrogen-bond donors (Lipinski definition) is 2. The summed E-state index contributed by atoms with van der Waals surface area (Å²) in [5.41, 5.74) is 8.38. The Morgan fingerprint density at radius 2 is 1.92 bits per heavy atom. The number of benzene rings is 2. The molecular formula is C20H19N3O2. The molecule has 0 atom stereocenters. The third-order valence-corrected chi connectivity index (χ3v) is 3.71. The number of aryl methyl sites for hydroxylation is 1. The quantitative estimate of drug-likeness (QED) is 0.742. The minimum absolute atomic E-state index is 0.280. The number of pyridine rings is 1. The van der Waals surface area contributed by atoms with Gasteiger partial charge in [-0.1, -0.05) is 30.3 Å². The van der Waals surface area contributed by atoms with Gasteiger partial charge in [-0.2, -0.15) is 0 Å². The lowest BCUT2D eigenvalue weighted by Gasteiger charge is -2.11. The number of nitrogens with one attached hydrogen (secondary N) is 1. The molecule has 1 aromatic heterocycles. The molecule has 5 nitrogen and oxygen atoms in total. The van der Waals surface area contributed by atoms with E-state index in [9.17, 15) is 4.79 Å². The Bertz CT molecular complexity index is 862. The van der Waals surface area contributed by atoms with Crippen LogP contribution in [-0.4, -0.2) is 10.9 Å². The van der Waals surface area contributed by atoms with Crippen LogP contribution in [0.5, 0.6) is 11.5 Å². The van der Waals surface area contributed by atoms with Crippen LogP contribution in [0.1, 0.15) is 21.6 Å². The van der Waals surface area contributed by atoms with Gasteiger partial charge in [0, 0.05) is 24.5 Å². The van der Waals surface area contributed by atoms with Crippen molar-refractivity contribution in [2.24, 2.45) is 5.73 Å². The summed E-state index contributed by atoms with van der Waals surface area (Å²) in [5.74, 6) is 1.15. The number of nitrogens with zero attached hydrogens (tertiary/aromatic N) is 1. The largest absolute Gasteiger partial charge is 0.457 e. The summed E-state index contributed by atoms with van der Waals surface area (Å²) in [6.07, 6.45) is 1.61. The Kier molecular flexibility index (Phi) is 5.06. The Morgan fingerprint density at radius 3 is 2.60 bits per heavy atom. The predicted octanol–water partition coefficient (Wildman–Crippen LogP) is 3.89. The number of amides is 1. The van der Waals surface area contributed by atoms with Crippen molar-refractivity contribution in [1.29, 1.82) is 0 Å². The maximum atomic E-state index is 12.3. The SMILES string of the molecule is Cc1ccc(NC(=O)c2ccc(CN)cn2)cc1Oc1ccccc1. The van der Waals surface area contributed by atoms with Crippen molar-refractivity contribution in [3.05, 3.63) is 83.7 Å². The third kappa shape index (κ3) is 4.22. The van der Waals surface area contributed by atoms with E-state index >= 15 is 0 Å². The van der Waals surface area contributed by atoms with Gasteiger partial charge in [0.2, 0.25) is 0 Å². The van der Waals surface area contributed by atoms with Crippen molar-refractivity contribution in [2.75, 3.05) is 5.32 Å². The molecular weight excluding hydrogens is 314 g/mol. The molecule has 3 aromatic rings. The van der Waals surface area contributed by atoms with E-state index in [1.165, 1.54) is 0 Å². The number of carbonyl (C=O) groups is 1. The number of para-hydroxylation sites is 1. The highest BCUT2D eigenvalue weighted by Gasteiger charge is 2.10. The minimum atomic E-state index is -0.280. The van der Waals surface area contributed by atoms with Crippen LogP contribution in [-0.2, 0) is 6.54 Å². The lowest BCUT2D eigenvalue weighted by molar-refractivity contribution is 0.102. The van der Waals surface area contributed by atoms with Crippen LogP contribution >= 0.6 is 0 Å². The van der Waals surface area contributed by atoms with E-state index in [4.69, 9.17) is 10.5 Å². The van der Waals surface area contributed by atoms with E-state index < -0.39 is 0 Å². The van der Waals surface area contributed by atoms with Gasteiger partial charge in [0.25, 0.3) is 5.91 Å². The van der Waals surface area contributed by atoms with Gasteiger partial charge >= 0.3 is 0 Å². The highest BCUT2D eigenvalue weighted by atomic mass is 16.5. The lowest BCUT2D eigenvalue weighted by Crippen LogP contribution is -2.14. The first-order chi connectivity index (χ1) is 12.2. The zero-order valence-corrected chi connectivity index (χ0v) is 13.9. The molecule has 25 heavy (non-hydrogen) atoms. The average Bonchev–Trinajstić information content (AvgIpc) is 2.65. The molecule has 0 fully saturated rings. The summed E-state index contributed by atoms with van der Waals surface area (Å²) in [6, 6.07) is 18.5. The molecule has 0 saturated heterocycles. The average molecular weight is 333 g/mol. The van der Waals surface area contributed by atoms with Crippen LogP contribution in [0.15, 0.2) is 66.9 Å². The monoisotopic (exact) mass is 333 g/mol. The van der Waals surface area contributed by atoms with Crippen LogP contribution in [0.3, 0.4) is 0 Å². The highest BCUT2D eigenvalue weighted by Crippen LogP contribution is 2.28. The summed E-state index contributed by atoms with van der Waals surface area (Å²) in [4.78, 5) is 16.5. The molecule has 0 spiro atoms. The van der Waals surface area contributed by atoms with E-state index in [1.807, 2.05) is 49.4 Å². The number of ether oxygens (including phenoxy) is 1. The molecule has 0 aliphatic heterocycles. The molecule has 3 N–H and O–H groups in total. The smallest absolute Gasteiger partial charge is 0.274 e. The fraction of sp³-hybridized carbons (Fsp3) is 0.100. The lowest BCUT2D eigenvalue weighted by atomic mass is 10.2. The summed E-state index contributed by atoms with van der Waals surface area (Å²) in [5, 5.41) is 2.84. The first kappa shape index (κ1) is 16.7. The number of carbonyl (C=O) groups excluding carboxylic acids is 1. The van der Waals surface area contributed by atoms with Gasteiger partial charge in [-0.05, 0) is 42.3 Å². The minimum Gasteiger partial charge on any atom is -0.457 e. The van der Waals surface area contributed by atoms with Crippen LogP contribution in [0, 0.1) is 6.92 Å². The molecule has 0 unspecified atom stereocenters. The topological polar surface area (TPSA) is 77.2 Å². The van der Waals surface area contributed by atoms with Crippen LogP contribution in [0.2, 0.25) is 0 Å². The second kappa shape index (κ2) is 7.59. The molecule has 1 heterocycles. The number of anilines is 1. The zero-order valence-electron chi connectivity index (χ0n) is 13.9. The molecule has 0 aliphatic carbocycles. The summed E-state index contributed by atoms with van der Waals surface area (Å²) in [7, 11) is 0. The van der Waals surface area contributed by atoms with Crippen molar-refractivity contribution in [3.8, 4) is 11.5 Å². The number of nitrogens with two attached hydrogens (primary N) is 1. The van der Waals surface area contributed by atoms with E-state index in [0.29, 0.717) is 23.7 Å². The number of hydrogen-bond acceptors (Lipinski definition) is 4. The zero-order chi connectivity index (χ0) is 17.6. The van der Waals surface area contributed by atoms with Crippen LogP contribution in [0.25, 0.3) is 0 Å². The maximum Gasteiger partial charge on any atom is 0.274 e. The molecule has 0 saturated carbocycles. The summed E-state index contributed by atoms with van der Waals surface area (Å²) in [6.45, 7) is 2.35. The van der Waals surface area contributed by atoms with Crippen LogP contribution in [0.4, 0.5) is 5.69 Å². The van der Waals surface area contributed by atoms with Gasteiger partial charge in [0.05, 0.1) is 0 Å². The van der Waals surface area contributed by atoms with E-state index in [1.54, 1.807) is 24.4 Å². The van der Waals surface area contributed by atoms with Gasteiger partial charge in [0.15, 0.2) is 0 Å². The van der Waals surface area contributed by atoms with E-state index in [2.05, 4.69) is 10.3 Å². The Hall–Kier alpha value is -3.18. The van der Waals surface area contributed by atoms with Gasteiger partial charge in [-0.25, -0.2) is 0 Å². The molecule has 0 radical (unpaired) electrons. The summed E-state index contributed by atoms with van der Waals surface area (Å²) >= 11 is 0. The number of rotatable bonds is 5. The Labute approximate surface area is 146 Å². The molecule has 0 aliphatic rings.